The lowest BCUT2D eigenvalue weighted by Crippen LogP contribution is -2.11. The van der Waals surface area contributed by atoms with Crippen LogP contribution >= 0.6 is 0 Å². The first kappa shape index (κ1) is 13.1. The highest BCUT2D eigenvalue weighted by Gasteiger charge is 2.29. The predicted molar refractivity (Wildman–Crippen MR) is 83.5 cm³/mol. The van der Waals surface area contributed by atoms with Gasteiger partial charge in [-0.05, 0) is 53.1 Å². The Morgan fingerprint density at radius 1 is 0.850 bits per heavy atom. The summed E-state index contributed by atoms with van der Waals surface area (Å²) in [5, 5.41) is 0. The summed E-state index contributed by atoms with van der Waals surface area (Å²) in [7, 11) is 0. The van der Waals surface area contributed by atoms with Gasteiger partial charge in [0.15, 0.2) is 5.78 Å². The number of hydrogen-bond acceptors (Lipinski definition) is 1. The quantitative estimate of drug-likeness (QED) is 0.569. The molecule has 0 atom stereocenters. The molecule has 0 heterocycles. The van der Waals surface area contributed by atoms with Gasteiger partial charge in [0, 0.05) is 11.1 Å². The summed E-state index contributed by atoms with van der Waals surface area (Å²) in [5.74, 6) is 0.171. The molecule has 1 heteroatoms. The zero-order valence-electron chi connectivity index (χ0n) is 12.8. The first-order chi connectivity index (χ1) is 9.30. The van der Waals surface area contributed by atoms with E-state index in [1.165, 1.54) is 16.7 Å². The molecule has 1 aliphatic rings. The second kappa shape index (κ2) is 4.05. The van der Waals surface area contributed by atoms with E-state index >= 15 is 0 Å². The molecule has 0 aliphatic heterocycles. The van der Waals surface area contributed by atoms with Crippen molar-refractivity contribution in [2.24, 2.45) is 0 Å². The van der Waals surface area contributed by atoms with Crippen molar-refractivity contribution in [2.45, 2.75) is 40.0 Å². The molecule has 0 aromatic heterocycles. The van der Waals surface area contributed by atoms with E-state index in [-0.39, 0.29) is 11.2 Å². The van der Waals surface area contributed by atoms with E-state index in [0.29, 0.717) is 0 Å². The molecule has 102 valence electrons. The number of benzene rings is 2. The van der Waals surface area contributed by atoms with E-state index in [0.717, 1.165) is 22.3 Å². The number of rotatable bonds is 0. The largest absolute Gasteiger partial charge is 0.289 e. The second-order valence-electron chi connectivity index (χ2n) is 6.77. The first-order valence-electron chi connectivity index (χ1n) is 7.10. The Morgan fingerprint density at radius 2 is 1.50 bits per heavy atom. The van der Waals surface area contributed by atoms with Crippen LogP contribution in [0.1, 0.15) is 53.4 Å². The Labute approximate surface area is 120 Å². The normalized spacial score (nSPS) is 13.3. The lowest BCUT2D eigenvalue weighted by molar-refractivity contribution is 0.104. The summed E-state index contributed by atoms with van der Waals surface area (Å²) in [6.07, 6.45) is 0. The molecule has 3 rings (SSSR count). The molecule has 0 amide bonds. The molecule has 0 unspecified atom stereocenters. The zero-order valence-corrected chi connectivity index (χ0v) is 12.8. The summed E-state index contributed by atoms with van der Waals surface area (Å²) >= 11 is 0. The van der Waals surface area contributed by atoms with Crippen molar-refractivity contribution in [1.82, 2.24) is 0 Å². The number of carbonyl (C=O) groups is 1. The highest BCUT2D eigenvalue weighted by atomic mass is 16.1. The van der Waals surface area contributed by atoms with E-state index in [1.54, 1.807) is 0 Å². The number of fused-ring (bicyclic) bond motifs is 3. The van der Waals surface area contributed by atoms with Gasteiger partial charge in [-0.2, -0.15) is 0 Å². The number of hydrogen-bond donors (Lipinski definition) is 0. The van der Waals surface area contributed by atoms with E-state index in [1.807, 2.05) is 12.1 Å². The Morgan fingerprint density at radius 3 is 2.15 bits per heavy atom. The first-order valence-corrected chi connectivity index (χ1v) is 7.10. The average molecular weight is 264 g/mol. The van der Waals surface area contributed by atoms with Crippen LogP contribution in [0.3, 0.4) is 0 Å². The van der Waals surface area contributed by atoms with Crippen LogP contribution in [0, 0.1) is 13.8 Å². The SMILES string of the molecule is Cc1ccc2c(c1C)-c1ccc(C(C)(C)C)cc1C2=O. The van der Waals surface area contributed by atoms with Crippen molar-refractivity contribution in [3.8, 4) is 11.1 Å². The van der Waals surface area contributed by atoms with Gasteiger partial charge in [0.25, 0.3) is 0 Å². The molecule has 2 aromatic rings. The minimum Gasteiger partial charge on any atom is -0.289 e. The van der Waals surface area contributed by atoms with E-state index in [4.69, 9.17) is 0 Å². The maximum absolute atomic E-state index is 12.6. The molecular weight excluding hydrogens is 244 g/mol. The molecule has 0 bridgehead atoms. The van der Waals surface area contributed by atoms with Crippen LogP contribution < -0.4 is 0 Å². The molecule has 0 fully saturated rings. The van der Waals surface area contributed by atoms with Crippen LogP contribution in [-0.2, 0) is 5.41 Å². The fourth-order valence-corrected chi connectivity index (χ4v) is 2.91. The Kier molecular flexibility index (Phi) is 2.66. The van der Waals surface area contributed by atoms with E-state index < -0.39 is 0 Å². The van der Waals surface area contributed by atoms with Gasteiger partial charge in [0.2, 0.25) is 0 Å². The van der Waals surface area contributed by atoms with E-state index in [2.05, 4.69) is 52.8 Å². The lowest BCUT2D eigenvalue weighted by Gasteiger charge is -2.19. The second-order valence-corrected chi connectivity index (χ2v) is 6.77. The average Bonchev–Trinajstić information content (AvgIpc) is 2.67. The minimum atomic E-state index is 0.0645. The molecule has 0 saturated heterocycles. The molecule has 1 nitrogen and oxygen atoms in total. The highest BCUT2D eigenvalue weighted by Crippen LogP contribution is 2.41. The fraction of sp³-hybridized carbons (Fsp3) is 0.316. The minimum absolute atomic E-state index is 0.0645. The van der Waals surface area contributed by atoms with Gasteiger partial charge in [-0.25, -0.2) is 0 Å². The zero-order chi connectivity index (χ0) is 14.7. The van der Waals surface area contributed by atoms with Gasteiger partial charge in [0.1, 0.15) is 0 Å². The summed E-state index contributed by atoms with van der Waals surface area (Å²) in [5.41, 5.74) is 7.68. The van der Waals surface area contributed by atoms with E-state index in [9.17, 15) is 4.79 Å². The number of carbonyl (C=O) groups excluding carboxylic acids is 1. The molecule has 1 aliphatic carbocycles. The fourth-order valence-electron chi connectivity index (χ4n) is 2.91. The summed E-state index contributed by atoms with van der Waals surface area (Å²) in [6, 6.07) is 10.4. The van der Waals surface area contributed by atoms with Crippen molar-refractivity contribution in [1.29, 1.82) is 0 Å². The standard InChI is InChI=1S/C19H20O/c1-11-6-8-15-17(12(11)2)14-9-7-13(19(3,4)5)10-16(14)18(15)20/h6-10H,1-5H3. The maximum atomic E-state index is 12.6. The maximum Gasteiger partial charge on any atom is 0.194 e. The van der Waals surface area contributed by atoms with Gasteiger partial charge in [-0.15, -0.1) is 0 Å². The molecule has 0 saturated carbocycles. The Bertz CT molecular complexity index is 730. The van der Waals surface area contributed by atoms with Gasteiger partial charge in [-0.1, -0.05) is 45.0 Å². The number of aryl methyl sites for hydroxylation is 1. The smallest absolute Gasteiger partial charge is 0.194 e. The van der Waals surface area contributed by atoms with Crippen LogP contribution in [0.25, 0.3) is 11.1 Å². The highest BCUT2D eigenvalue weighted by molar-refractivity contribution is 6.22. The van der Waals surface area contributed by atoms with Crippen molar-refractivity contribution in [2.75, 3.05) is 0 Å². The van der Waals surface area contributed by atoms with Crippen LogP contribution in [0.2, 0.25) is 0 Å². The molecule has 0 radical (unpaired) electrons. The van der Waals surface area contributed by atoms with Crippen molar-refractivity contribution in [3.63, 3.8) is 0 Å². The van der Waals surface area contributed by atoms with Gasteiger partial charge < -0.3 is 0 Å². The Balaban J connectivity index is 2.28. The third kappa shape index (κ3) is 1.73. The topological polar surface area (TPSA) is 17.1 Å². The molecular formula is C19H20O. The van der Waals surface area contributed by atoms with Crippen LogP contribution in [0.15, 0.2) is 30.3 Å². The third-order valence-electron chi connectivity index (χ3n) is 4.38. The molecule has 20 heavy (non-hydrogen) atoms. The third-order valence-corrected chi connectivity index (χ3v) is 4.38. The number of ketones is 1. The van der Waals surface area contributed by atoms with Crippen LogP contribution in [0.4, 0.5) is 0 Å². The van der Waals surface area contributed by atoms with Crippen LogP contribution in [-0.4, -0.2) is 5.78 Å². The monoisotopic (exact) mass is 264 g/mol. The Hall–Kier alpha value is -1.89. The summed E-state index contributed by atoms with van der Waals surface area (Å²) < 4.78 is 0. The van der Waals surface area contributed by atoms with Crippen molar-refractivity contribution in [3.05, 3.63) is 58.1 Å². The predicted octanol–water partition coefficient (Wildman–Crippen LogP) is 4.81. The summed E-state index contributed by atoms with van der Waals surface area (Å²) in [6.45, 7) is 10.7. The molecule has 0 spiro atoms. The lowest BCUT2D eigenvalue weighted by atomic mass is 9.85. The summed E-state index contributed by atoms with van der Waals surface area (Å²) in [4.78, 5) is 12.6. The van der Waals surface area contributed by atoms with Crippen molar-refractivity contribution >= 4 is 5.78 Å². The van der Waals surface area contributed by atoms with Gasteiger partial charge >= 0.3 is 0 Å². The molecule has 2 aromatic carbocycles. The van der Waals surface area contributed by atoms with Gasteiger partial charge in [0.05, 0.1) is 0 Å². The molecule has 0 N–H and O–H groups in total. The van der Waals surface area contributed by atoms with Crippen molar-refractivity contribution < 1.29 is 4.79 Å². The van der Waals surface area contributed by atoms with Crippen LogP contribution in [0.5, 0.6) is 0 Å². The van der Waals surface area contributed by atoms with Gasteiger partial charge in [-0.3, -0.25) is 4.79 Å².